The number of non-ortho nitro benzene ring substituents is 1. The molecule has 1 aliphatic rings. The normalized spacial score (nSPS) is 13.1. The first kappa shape index (κ1) is 13.7. The highest BCUT2D eigenvalue weighted by atomic mass is 16.6. The molecule has 0 unspecified atom stereocenters. The van der Waals surface area contributed by atoms with Crippen LogP contribution in [0.15, 0.2) is 42.5 Å². The van der Waals surface area contributed by atoms with Crippen LogP contribution >= 0.6 is 0 Å². The molecule has 22 heavy (non-hydrogen) atoms. The number of carboxylic acids is 1. The van der Waals surface area contributed by atoms with Crippen LogP contribution in [0.4, 0.5) is 11.4 Å². The standard InChI is InChI=1S/C15H10N2O5/c18-14-13-9(2-1-3-12(13)15(19)20)8-16(14)10-4-6-11(7-5-10)17(21)22/h1-7H,8H2,(H,19,20). The van der Waals surface area contributed by atoms with E-state index >= 15 is 0 Å². The molecular formula is C15H10N2O5. The lowest BCUT2D eigenvalue weighted by molar-refractivity contribution is -0.384. The van der Waals surface area contributed by atoms with Crippen LogP contribution in [0.5, 0.6) is 0 Å². The lowest BCUT2D eigenvalue weighted by Crippen LogP contribution is -2.23. The van der Waals surface area contributed by atoms with Gasteiger partial charge in [0.1, 0.15) is 0 Å². The Kier molecular flexibility index (Phi) is 3.10. The van der Waals surface area contributed by atoms with Crippen molar-refractivity contribution in [1.29, 1.82) is 0 Å². The fraction of sp³-hybridized carbons (Fsp3) is 0.0667. The van der Waals surface area contributed by atoms with Crippen LogP contribution in [0, 0.1) is 10.1 Å². The van der Waals surface area contributed by atoms with Gasteiger partial charge in [-0.05, 0) is 23.8 Å². The van der Waals surface area contributed by atoms with Crippen molar-refractivity contribution in [1.82, 2.24) is 0 Å². The van der Waals surface area contributed by atoms with E-state index in [1.165, 1.54) is 35.2 Å². The number of rotatable bonds is 3. The van der Waals surface area contributed by atoms with E-state index < -0.39 is 16.8 Å². The minimum absolute atomic E-state index is 0.0353. The molecule has 0 fully saturated rings. The molecule has 1 N–H and O–H groups in total. The summed E-state index contributed by atoms with van der Waals surface area (Å²) in [5.74, 6) is -1.57. The molecule has 1 amide bonds. The van der Waals surface area contributed by atoms with Gasteiger partial charge in [-0.3, -0.25) is 14.9 Å². The summed E-state index contributed by atoms with van der Waals surface area (Å²) in [6.07, 6.45) is 0. The molecule has 7 heteroatoms. The summed E-state index contributed by atoms with van der Waals surface area (Å²) < 4.78 is 0. The second-order valence-corrected chi connectivity index (χ2v) is 4.81. The third-order valence-corrected chi connectivity index (χ3v) is 3.54. The molecular weight excluding hydrogens is 288 g/mol. The van der Waals surface area contributed by atoms with Gasteiger partial charge in [-0.1, -0.05) is 12.1 Å². The Morgan fingerprint density at radius 3 is 2.45 bits per heavy atom. The van der Waals surface area contributed by atoms with E-state index in [0.29, 0.717) is 11.3 Å². The lowest BCUT2D eigenvalue weighted by atomic mass is 10.0. The van der Waals surface area contributed by atoms with Crippen molar-refractivity contribution in [2.24, 2.45) is 0 Å². The average molecular weight is 298 g/mol. The van der Waals surface area contributed by atoms with E-state index in [0.717, 1.165) is 0 Å². The SMILES string of the molecule is O=C(O)c1cccc2c1C(=O)N(c1ccc([N+](=O)[O-])cc1)C2. The van der Waals surface area contributed by atoms with Crippen LogP contribution in [-0.2, 0) is 6.54 Å². The van der Waals surface area contributed by atoms with Crippen LogP contribution in [0.25, 0.3) is 0 Å². The van der Waals surface area contributed by atoms with Crippen LogP contribution < -0.4 is 4.90 Å². The maximum Gasteiger partial charge on any atom is 0.336 e. The minimum Gasteiger partial charge on any atom is -0.478 e. The molecule has 0 spiro atoms. The molecule has 0 aromatic heterocycles. The van der Waals surface area contributed by atoms with Gasteiger partial charge < -0.3 is 10.0 Å². The molecule has 0 bridgehead atoms. The Hall–Kier alpha value is -3.22. The van der Waals surface area contributed by atoms with E-state index in [2.05, 4.69) is 0 Å². The van der Waals surface area contributed by atoms with E-state index in [1.807, 2.05) is 0 Å². The fourth-order valence-corrected chi connectivity index (χ4v) is 2.50. The number of hydrogen-bond donors (Lipinski definition) is 1. The number of benzene rings is 2. The van der Waals surface area contributed by atoms with Crippen LogP contribution in [0.2, 0.25) is 0 Å². The number of amides is 1. The number of hydrogen-bond acceptors (Lipinski definition) is 4. The quantitative estimate of drug-likeness (QED) is 0.692. The highest BCUT2D eigenvalue weighted by molar-refractivity contribution is 6.15. The number of carboxylic acid groups (broad SMARTS) is 1. The topological polar surface area (TPSA) is 101 Å². The first-order valence-electron chi connectivity index (χ1n) is 6.40. The zero-order chi connectivity index (χ0) is 15.9. The number of carbonyl (C=O) groups is 2. The van der Waals surface area contributed by atoms with Crippen molar-refractivity contribution >= 4 is 23.3 Å². The van der Waals surface area contributed by atoms with E-state index in [-0.39, 0.29) is 23.4 Å². The zero-order valence-corrected chi connectivity index (χ0v) is 11.2. The Balaban J connectivity index is 1.99. The first-order valence-corrected chi connectivity index (χ1v) is 6.40. The third kappa shape index (κ3) is 2.08. The Labute approximate surface area is 124 Å². The van der Waals surface area contributed by atoms with E-state index in [1.54, 1.807) is 12.1 Å². The number of nitro groups is 1. The summed E-state index contributed by atoms with van der Waals surface area (Å²) in [6, 6.07) is 10.2. The van der Waals surface area contributed by atoms with Gasteiger partial charge in [0, 0.05) is 17.8 Å². The Morgan fingerprint density at radius 1 is 1.18 bits per heavy atom. The highest BCUT2D eigenvalue weighted by Gasteiger charge is 2.32. The number of nitrogens with zero attached hydrogens (tertiary/aromatic N) is 2. The monoisotopic (exact) mass is 298 g/mol. The number of nitro benzene ring substituents is 1. The summed E-state index contributed by atoms with van der Waals surface area (Å²) in [5, 5.41) is 19.8. The van der Waals surface area contributed by atoms with Crippen molar-refractivity contribution < 1.29 is 19.6 Å². The van der Waals surface area contributed by atoms with Crippen LogP contribution in [0.1, 0.15) is 26.3 Å². The van der Waals surface area contributed by atoms with Crippen molar-refractivity contribution in [2.45, 2.75) is 6.54 Å². The molecule has 1 heterocycles. The molecule has 2 aromatic rings. The predicted octanol–water partition coefficient (Wildman–Crippen LogP) is 2.45. The summed E-state index contributed by atoms with van der Waals surface area (Å²) >= 11 is 0. The molecule has 7 nitrogen and oxygen atoms in total. The number of aromatic carboxylic acids is 1. The van der Waals surface area contributed by atoms with Gasteiger partial charge in [0.05, 0.1) is 22.6 Å². The second-order valence-electron chi connectivity index (χ2n) is 4.81. The average Bonchev–Trinajstić information content (AvgIpc) is 2.84. The molecule has 0 radical (unpaired) electrons. The van der Waals surface area contributed by atoms with Crippen molar-refractivity contribution in [2.75, 3.05) is 4.90 Å². The molecule has 1 aliphatic heterocycles. The molecule has 0 atom stereocenters. The highest BCUT2D eigenvalue weighted by Crippen LogP contribution is 2.31. The van der Waals surface area contributed by atoms with Gasteiger partial charge in [-0.15, -0.1) is 0 Å². The Bertz CT molecular complexity index is 798. The van der Waals surface area contributed by atoms with Crippen LogP contribution in [0.3, 0.4) is 0 Å². The fourth-order valence-electron chi connectivity index (χ4n) is 2.50. The maximum absolute atomic E-state index is 12.5. The molecule has 0 aliphatic carbocycles. The summed E-state index contributed by atoms with van der Waals surface area (Å²) in [4.78, 5) is 35.2. The molecule has 110 valence electrons. The summed E-state index contributed by atoms with van der Waals surface area (Å²) in [7, 11) is 0. The van der Waals surface area contributed by atoms with Gasteiger partial charge in [-0.2, -0.15) is 0 Å². The predicted molar refractivity (Wildman–Crippen MR) is 77.0 cm³/mol. The van der Waals surface area contributed by atoms with Gasteiger partial charge in [-0.25, -0.2) is 4.79 Å². The van der Waals surface area contributed by atoms with Gasteiger partial charge in [0.15, 0.2) is 0 Å². The number of carbonyl (C=O) groups excluding carboxylic acids is 1. The smallest absolute Gasteiger partial charge is 0.336 e. The van der Waals surface area contributed by atoms with Crippen LogP contribution in [-0.4, -0.2) is 21.9 Å². The van der Waals surface area contributed by atoms with Gasteiger partial charge in [0.25, 0.3) is 11.6 Å². The first-order chi connectivity index (χ1) is 10.5. The molecule has 0 saturated carbocycles. The molecule has 2 aromatic carbocycles. The lowest BCUT2D eigenvalue weighted by Gasteiger charge is -2.15. The maximum atomic E-state index is 12.5. The van der Waals surface area contributed by atoms with E-state index in [9.17, 15) is 24.8 Å². The minimum atomic E-state index is -1.16. The van der Waals surface area contributed by atoms with Crippen molar-refractivity contribution in [3.63, 3.8) is 0 Å². The summed E-state index contributed by atoms with van der Waals surface area (Å²) in [6.45, 7) is 0.243. The zero-order valence-electron chi connectivity index (χ0n) is 11.2. The molecule has 3 rings (SSSR count). The second kappa shape index (κ2) is 4.96. The van der Waals surface area contributed by atoms with Gasteiger partial charge >= 0.3 is 5.97 Å². The number of fused-ring (bicyclic) bond motifs is 1. The Morgan fingerprint density at radius 2 is 1.86 bits per heavy atom. The van der Waals surface area contributed by atoms with Gasteiger partial charge in [0.2, 0.25) is 0 Å². The summed E-state index contributed by atoms with van der Waals surface area (Å²) in [5.41, 5.74) is 1.19. The van der Waals surface area contributed by atoms with E-state index in [4.69, 9.17) is 0 Å². The largest absolute Gasteiger partial charge is 0.478 e. The number of anilines is 1. The van der Waals surface area contributed by atoms with Crippen molar-refractivity contribution in [3.05, 3.63) is 69.3 Å². The van der Waals surface area contributed by atoms with Crippen molar-refractivity contribution in [3.8, 4) is 0 Å². The third-order valence-electron chi connectivity index (χ3n) is 3.54. The molecule has 0 saturated heterocycles.